The molecule has 2 aliphatic rings. The number of nitrogens with one attached hydrogen (secondary N) is 3. The quantitative estimate of drug-likeness (QED) is 0.586. The van der Waals surface area contributed by atoms with Crippen molar-refractivity contribution in [3.05, 3.63) is 35.2 Å². The van der Waals surface area contributed by atoms with Crippen LogP contribution in [0.15, 0.2) is 18.2 Å². The minimum absolute atomic E-state index is 0.0541. The highest BCUT2D eigenvalue weighted by Crippen LogP contribution is 2.46. The van der Waals surface area contributed by atoms with Gasteiger partial charge >= 0.3 is 0 Å². The van der Waals surface area contributed by atoms with Gasteiger partial charge in [-0.3, -0.25) is 14.7 Å². The summed E-state index contributed by atoms with van der Waals surface area (Å²) in [5.74, 6) is -3.04. The summed E-state index contributed by atoms with van der Waals surface area (Å²) in [5, 5.41) is 12.7. The third-order valence-electron chi connectivity index (χ3n) is 6.47. The lowest BCUT2D eigenvalue weighted by molar-refractivity contribution is -0.119. The van der Waals surface area contributed by atoms with E-state index in [0.717, 1.165) is 10.6 Å². The molecule has 1 saturated carbocycles. The van der Waals surface area contributed by atoms with Gasteiger partial charge in [-0.25, -0.2) is 18.2 Å². The van der Waals surface area contributed by atoms with E-state index in [9.17, 15) is 22.8 Å². The summed E-state index contributed by atoms with van der Waals surface area (Å²) >= 11 is 0. The van der Waals surface area contributed by atoms with Crippen molar-refractivity contribution in [2.45, 2.75) is 70.0 Å². The monoisotopic (exact) mass is 478 g/mol. The Morgan fingerprint density at radius 3 is 2.65 bits per heavy atom. The molecule has 2 amide bonds. The maximum absolute atomic E-state index is 14.2. The largest absolute Gasteiger partial charge is 0.354 e. The third-order valence-corrected chi connectivity index (χ3v) is 6.47. The Bertz CT molecular complexity index is 1080. The summed E-state index contributed by atoms with van der Waals surface area (Å²) in [5.41, 5.74) is 0.262. The molecule has 1 saturated heterocycles. The van der Waals surface area contributed by atoms with Crippen molar-refractivity contribution >= 4 is 23.5 Å². The Kier molecular flexibility index (Phi) is 6.30. The van der Waals surface area contributed by atoms with E-state index in [4.69, 9.17) is 0 Å². The normalized spacial score (nSPS) is 26.0. The number of aromatic amines is 1. The highest BCUT2D eigenvalue weighted by atomic mass is 19.3. The number of piperidine rings is 1. The summed E-state index contributed by atoms with van der Waals surface area (Å²) in [6.45, 7) is 3.97. The molecule has 1 aliphatic carbocycles. The van der Waals surface area contributed by atoms with Crippen LogP contribution in [-0.4, -0.2) is 62.6 Å². The van der Waals surface area contributed by atoms with E-state index < -0.39 is 30.1 Å². The molecule has 4 rings (SSSR count). The minimum Gasteiger partial charge on any atom is -0.354 e. The van der Waals surface area contributed by atoms with Gasteiger partial charge < -0.3 is 15.5 Å². The molecule has 2 aromatic heterocycles. The van der Waals surface area contributed by atoms with Gasteiger partial charge in [0.1, 0.15) is 17.2 Å². The second kappa shape index (κ2) is 8.92. The average molecular weight is 479 g/mol. The summed E-state index contributed by atoms with van der Waals surface area (Å²) in [7, 11) is 0. The fourth-order valence-electron chi connectivity index (χ4n) is 4.58. The average Bonchev–Trinajstić information content (AvgIpc) is 3.19. The third kappa shape index (κ3) is 5.34. The van der Waals surface area contributed by atoms with Crippen LogP contribution in [0.5, 0.6) is 0 Å². The number of anilines is 2. The maximum atomic E-state index is 14.2. The molecule has 1 aliphatic heterocycles. The number of aryl methyl sites for hydroxylation is 1. The number of nitrogens with zero attached hydrogens (tertiary/aromatic N) is 3. The topological polar surface area (TPSA) is 103 Å². The van der Waals surface area contributed by atoms with Crippen LogP contribution in [0, 0.1) is 6.92 Å². The Hall–Kier alpha value is -3.11. The second-order valence-corrected chi connectivity index (χ2v) is 9.63. The molecule has 8 nitrogen and oxygen atoms in total. The molecule has 3 heterocycles. The molecular weight excluding hydrogens is 449 g/mol. The van der Waals surface area contributed by atoms with Gasteiger partial charge in [-0.05, 0) is 44.7 Å². The fourth-order valence-corrected chi connectivity index (χ4v) is 4.58. The van der Waals surface area contributed by atoms with Gasteiger partial charge in [0.05, 0.1) is 6.54 Å². The number of carbonyl (C=O) groups excluding carboxylic acids is 2. The summed E-state index contributed by atoms with van der Waals surface area (Å²) in [6.07, 6.45) is 0.580. The van der Waals surface area contributed by atoms with E-state index in [1.165, 1.54) is 6.92 Å². The van der Waals surface area contributed by atoms with Crippen molar-refractivity contribution < 1.29 is 22.8 Å². The Morgan fingerprint density at radius 2 is 1.97 bits per heavy atom. The zero-order chi connectivity index (χ0) is 24.7. The number of amides is 2. The second-order valence-electron chi connectivity index (χ2n) is 9.63. The number of H-pyrrole nitrogens is 1. The van der Waals surface area contributed by atoms with Crippen molar-refractivity contribution in [2.24, 2.45) is 0 Å². The van der Waals surface area contributed by atoms with Crippen LogP contribution in [-0.2, 0) is 4.79 Å². The van der Waals surface area contributed by atoms with Crippen molar-refractivity contribution in [1.29, 1.82) is 0 Å². The number of likely N-dealkylation sites (tertiary alicyclic amines) is 1. The predicted octanol–water partition coefficient (Wildman–Crippen LogP) is 3.84. The minimum atomic E-state index is -3.01. The number of hydrogen-bond donors (Lipinski definition) is 3. The molecule has 2 fully saturated rings. The molecule has 0 unspecified atom stereocenters. The molecule has 0 radical (unpaired) electrons. The van der Waals surface area contributed by atoms with E-state index in [-0.39, 0.29) is 36.9 Å². The molecule has 2 aromatic rings. The summed E-state index contributed by atoms with van der Waals surface area (Å²) in [6, 6.07) is 4.58. The lowest BCUT2D eigenvalue weighted by Gasteiger charge is -2.39. The number of alkyl halides is 3. The Balaban J connectivity index is 1.51. The molecule has 0 bridgehead atoms. The summed E-state index contributed by atoms with van der Waals surface area (Å²) < 4.78 is 42.1. The zero-order valence-electron chi connectivity index (χ0n) is 19.4. The molecule has 0 spiro atoms. The van der Waals surface area contributed by atoms with Gasteiger partial charge in [0, 0.05) is 43.6 Å². The molecule has 11 heteroatoms. The van der Waals surface area contributed by atoms with Crippen LogP contribution in [0.1, 0.15) is 67.2 Å². The number of aromatic nitrogens is 3. The first-order valence-electron chi connectivity index (χ1n) is 11.3. The number of rotatable bonds is 6. The molecular formula is C23H29F3N6O2. The standard InChI is InChI=1S/C23H29F3N6O2/c1-13-4-5-18(28-19-8-17(30-31-19)15-9-22(3,24)10-15)29-20(13)21(34)32-12-23(25,26)7-6-16(32)11-27-14(2)33/h4-5,8,15-16H,6-7,9-12H2,1-3H3,(H,27,33)(H2,28,29,30,31)/t15?,16-,22?/m1/s1. The van der Waals surface area contributed by atoms with E-state index in [1.54, 1.807) is 32.0 Å². The van der Waals surface area contributed by atoms with Crippen molar-refractivity contribution in [2.75, 3.05) is 18.4 Å². The maximum Gasteiger partial charge on any atom is 0.273 e. The fraction of sp³-hybridized carbons (Fsp3) is 0.565. The van der Waals surface area contributed by atoms with E-state index in [2.05, 4.69) is 25.8 Å². The van der Waals surface area contributed by atoms with Crippen LogP contribution in [0.4, 0.5) is 24.8 Å². The van der Waals surface area contributed by atoms with Gasteiger partial charge in [-0.2, -0.15) is 5.10 Å². The van der Waals surface area contributed by atoms with Crippen LogP contribution >= 0.6 is 0 Å². The number of hydrogen-bond acceptors (Lipinski definition) is 5. The first kappa shape index (κ1) is 24.0. The number of halogens is 3. The zero-order valence-corrected chi connectivity index (χ0v) is 19.4. The van der Waals surface area contributed by atoms with E-state index in [0.29, 0.717) is 30.0 Å². The Morgan fingerprint density at radius 1 is 1.24 bits per heavy atom. The first-order chi connectivity index (χ1) is 15.9. The SMILES string of the molecule is CC(=O)NC[C@H]1CCC(F)(F)CN1C(=O)c1nc(Nc2cc(C3CC(C)(F)C3)[nH]n2)ccc1C. The Labute approximate surface area is 195 Å². The number of carbonyl (C=O) groups is 2. The molecule has 184 valence electrons. The lowest BCUT2D eigenvalue weighted by Crippen LogP contribution is -2.55. The molecule has 34 heavy (non-hydrogen) atoms. The van der Waals surface area contributed by atoms with Crippen molar-refractivity contribution in [3.8, 4) is 0 Å². The van der Waals surface area contributed by atoms with Crippen LogP contribution in [0.25, 0.3) is 0 Å². The van der Waals surface area contributed by atoms with Crippen LogP contribution < -0.4 is 10.6 Å². The van der Waals surface area contributed by atoms with Gasteiger partial charge in [-0.1, -0.05) is 6.07 Å². The van der Waals surface area contributed by atoms with Crippen LogP contribution in [0.3, 0.4) is 0 Å². The van der Waals surface area contributed by atoms with Gasteiger partial charge in [0.25, 0.3) is 11.8 Å². The van der Waals surface area contributed by atoms with E-state index in [1.807, 2.05) is 0 Å². The van der Waals surface area contributed by atoms with Gasteiger partial charge in [-0.15, -0.1) is 0 Å². The molecule has 1 atom stereocenters. The van der Waals surface area contributed by atoms with Gasteiger partial charge in [0.15, 0.2) is 5.82 Å². The van der Waals surface area contributed by atoms with Crippen LogP contribution in [0.2, 0.25) is 0 Å². The highest BCUT2D eigenvalue weighted by molar-refractivity contribution is 5.94. The van der Waals surface area contributed by atoms with E-state index >= 15 is 0 Å². The molecule has 3 N–H and O–H groups in total. The van der Waals surface area contributed by atoms with Crippen molar-refractivity contribution in [3.63, 3.8) is 0 Å². The number of pyridine rings is 1. The smallest absolute Gasteiger partial charge is 0.273 e. The highest BCUT2D eigenvalue weighted by Gasteiger charge is 2.43. The summed E-state index contributed by atoms with van der Waals surface area (Å²) in [4.78, 5) is 30.1. The predicted molar refractivity (Wildman–Crippen MR) is 120 cm³/mol. The van der Waals surface area contributed by atoms with Crippen molar-refractivity contribution in [1.82, 2.24) is 25.4 Å². The molecule has 0 aromatic carbocycles. The first-order valence-corrected chi connectivity index (χ1v) is 11.3. The van der Waals surface area contributed by atoms with Gasteiger partial charge in [0.2, 0.25) is 5.91 Å². The lowest BCUT2D eigenvalue weighted by atomic mass is 9.72.